The Hall–Kier alpha value is -5.61. The molecular formula is C37H23N3O. The van der Waals surface area contributed by atoms with Gasteiger partial charge in [-0.3, -0.25) is 0 Å². The highest BCUT2D eigenvalue weighted by atomic mass is 16.3. The van der Waals surface area contributed by atoms with Gasteiger partial charge in [-0.1, -0.05) is 121 Å². The summed E-state index contributed by atoms with van der Waals surface area (Å²) in [5.41, 5.74) is 9.23. The van der Waals surface area contributed by atoms with Gasteiger partial charge in [0, 0.05) is 38.4 Å². The summed E-state index contributed by atoms with van der Waals surface area (Å²) in [7, 11) is 0. The van der Waals surface area contributed by atoms with E-state index in [-0.39, 0.29) is 0 Å². The number of hydrogen-bond acceptors (Lipinski definition) is 4. The Labute approximate surface area is 236 Å². The molecule has 0 saturated heterocycles. The minimum absolute atomic E-state index is 0.700. The van der Waals surface area contributed by atoms with Gasteiger partial charge in [0.15, 0.2) is 11.4 Å². The van der Waals surface area contributed by atoms with Crippen LogP contribution in [0.25, 0.3) is 78.0 Å². The van der Waals surface area contributed by atoms with Crippen molar-refractivity contribution in [3.63, 3.8) is 0 Å². The summed E-state index contributed by atoms with van der Waals surface area (Å²) in [6, 6.07) is 47.3. The van der Waals surface area contributed by atoms with Crippen LogP contribution >= 0.6 is 0 Å². The van der Waals surface area contributed by atoms with Gasteiger partial charge < -0.3 is 4.42 Å². The largest absolute Gasteiger partial charge is 0.454 e. The van der Waals surface area contributed by atoms with E-state index < -0.39 is 0 Å². The zero-order valence-corrected chi connectivity index (χ0v) is 22.0. The fourth-order valence-corrected chi connectivity index (χ4v) is 5.50. The molecule has 0 radical (unpaired) electrons. The van der Waals surface area contributed by atoms with Crippen LogP contribution in [0.3, 0.4) is 0 Å². The van der Waals surface area contributed by atoms with Crippen molar-refractivity contribution in [1.82, 2.24) is 15.0 Å². The van der Waals surface area contributed by atoms with E-state index in [0.29, 0.717) is 5.82 Å². The van der Waals surface area contributed by atoms with Crippen molar-refractivity contribution in [3.8, 4) is 45.2 Å². The summed E-state index contributed by atoms with van der Waals surface area (Å²) < 4.78 is 6.41. The van der Waals surface area contributed by atoms with Gasteiger partial charge in [0.25, 0.3) is 0 Å². The number of furan rings is 1. The molecule has 3 aromatic heterocycles. The molecule has 4 heteroatoms. The third-order valence-electron chi connectivity index (χ3n) is 7.50. The van der Waals surface area contributed by atoms with Gasteiger partial charge in [-0.15, -0.1) is 0 Å². The van der Waals surface area contributed by atoms with Crippen molar-refractivity contribution in [2.45, 2.75) is 0 Å². The fraction of sp³-hybridized carbons (Fsp3) is 0. The summed E-state index contributed by atoms with van der Waals surface area (Å²) in [5.74, 6) is 0.700. The number of benzene rings is 5. The van der Waals surface area contributed by atoms with Crippen LogP contribution in [0, 0.1) is 0 Å². The van der Waals surface area contributed by atoms with Gasteiger partial charge in [0.05, 0.1) is 16.9 Å². The lowest BCUT2D eigenvalue weighted by atomic mass is 10.0. The number of rotatable bonds is 4. The summed E-state index contributed by atoms with van der Waals surface area (Å²) in [5, 5.41) is 3.29. The van der Waals surface area contributed by atoms with E-state index in [1.54, 1.807) is 0 Å². The van der Waals surface area contributed by atoms with Crippen LogP contribution < -0.4 is 0 Å². The second-order valence-corrected chi connectivity index (χ2v) is 10.1. The highest BCUT2D eigenvalue weighted by molar-refractivity contribution is 6.20. The first-order valence-corrected chi connectivity index (χ1v) is 13.6. The number of hydrogen-bond donors (Lipinski definition) is 0. The lowest BCUT2D eigenvalue weighted by Gasteiger charge is -2.10. The van der Waals surface area contributed by atoms with Crippen LogP contribution in [0.2, 0.25) is 0 Å². The lowest BCUT2D eigenvalue weighted by molar-refractivity contribution is 0.669. The van der Waals surface area contributed by atoms with E-state index in [1.807, 2.05) is 66.7 Å². The van der Waals surface area contributed by atoms with Gasteiger partial charge in [0.2, 0.25) is 0 Å². The molecule has 4 nitrogen and oxygen atoms in total. The zero-order chi connectivity index (χ0) is 27.2. The molecule has 0 aliphatic rings. The Kier molecular flexibility index (Phi) is 5.42. The lowest BCUT2D eigenvalue weighted by Crippen LogP contribution is -1.96. The molecule has 192 valence electrons. The molecule has 0 fully saturated rings. The summed E-state index contributed by atoms with van der Waals surface area (Å²) in [4.78, 5) is 15.0. The Morgan fingerprint density at radius 2 is 1.00 bits per heavy atom. The molecule has 41 heavy (non-hydrogen) atoms. The molecule has 5 aromatic carbocycles. The predicted octanol–water partition coefficient (Wildman–Crippen LogP) is 9.59. The molecule has 0 N–H and O–H groups in total. The molecule has 0 amide bonds. The first-order chi connectivity index (χ1) is 20.3. The van der Waals surface area contributed by atoms with Crippen molar-refractivity contribution in [2.75, 3.05) is 0 Å². The van der Waals surface area contributed by atoms with E-state index in [9.17, 15) is 0 Å². The monoisotopic (exact) mass is 525 g/mol. The standard InChI is InChI=1S/C37H23N3O/c1-3-11-24(12-4-1)31-23-32(40-37(39-31)27-13-5-2-6-14-27)25-19-21-26(22-20-25)35-36-34(28-15-7-9-17-30(28)38-35)29-16-8-10-18-33(29)41-36/h1-23H. The molecule has 0 spiro atoms. The molecule has 3 heterocycles. The summed E-state index contributed by atoms with van der Waals surface area (Å²) >= 11 is 0. The van der Waals surface area contributed by atoms with Crippen LogP contribution in [-0.4, -0.2) is 15.0 Å². The van der Waals surface area contributed by atoms with Crippen molar-refractivity contribution in [1.29, 1.82) is 0 Å². The topological polar surface area (TPSA) is 51.8 Å². The van der Waals surface area contributed by atoms with E-state index in [4.69, 9.17) is 19.4 Å². The maximum absolute atomic E-state index is 6.41. The minimum Gasteiger partial charge on any atom is -0.454 e. The molecule has 0 saturated carbocycles. The van der Waals surface area contributed by atoms with Crippen LogP contribution in [0.1, 0.15) is 0 Å². The average Bonchev–Trinajstić information content (AvgIpc) is 3.45. The molecule has 0 aliphatic heterocycles. The minimum atomic E-state index is 0.700. The van der Waals surface area contributed by atoms with E-state index in [2.05, 4.69) is 72.8 Å². The molecule has 8 rings (SSSR count). The highest BCUT2D eigenvalue weighted by Crippen LogP contribution is 2.39. The van der Waals surface area contributed by atoms with E-state index in [0.717, 1.165) is 72.2 Å². The maximum Gasteiger partial charge on any atom is 0.162 e. The number of fused-ring (bicyclic) bond motifs is 5. The zero-order valence-electron chi connectivity index (χ0n) is 22.0. The Balaban J connectivity index is 1.28. The third kappa shape index (κ3) is 4.05. The van der Waals surface area contributed by atoms with E-state index in [1.165, 1.54) is 0 Å². The fourth-order valence-electron chi connectivity index (χ4n) is 5.50. The first-order valence-electron chi connectivity index (χ1n) is 13.6. The third-order valence-corrected chi connectivity index (χ3v) is 7.50. The normalized spacial score (nSPS) is 11.4. The number of nitrogens with zero attached hydrogens (tertiary/aromatic N) is 3. The highest BCUT2D eigenvalue weighted by Gasteiger charge is 2.18. The van der Waals surface area contributed by atoms with Crippen molar-refractivity contribution < 1.29 is 4.42 Å². The van der Waals surface area contributed by atoms with Gasteiger partial charge in [-0.05, 0) is 18.2 Å². The first kappa shape index (κ1) is 23.3. The SMILES string of the molecule is c1ccc(-c2cc(-c3ccc(-c4nc5ccccc5c5c4oc4ccccc45)cc3)nc(-c3ccccc3)n2)cc1. The van der Waals surface area contributed by atoms with Crippen molar-refractivity contribution in [3.05, 3.63) is 140 Å². The predicted molar refractivity (Wildman–Crippen MR) is 166 cm³/mol. The average molecular weight is 526 g/mol. The molecule has 0 unspecified atom stereocenters. The van der Waals surface area contributed by atoms with Crippen LogP contribution in [-0.2, 0) is 0 Å². The summed E-state index contributed by atoms with van der Waals surface area (Å²) in [6.45, 7) is 0. The Morgan fingerprint density at radius 3 is 1.73 bits per heavy atom. The quantitative estimate of drug-likeness (QED) is 0.230. The van der Waals surface area contributed by atoms with Gasteiger partial charge in [-0.25, -0.2) is 15.0 Å². The second kappa shape index (κ2) is 9.54. The van der Waals surface area contributed by atoms with Crippen LogP contribution in [0.15, 0.2) is 144 Å². The molecule has 0 aliphatic carbocycles. The summed E-state index contributed by atoms with van der Waals surface area (Å²) in [6.07, 6.45) is 0. The van der Waals surface area contributed by atoms with Gasteiger partial charge >= 0.3 is 0 Å². The van der Waals surface area contributed by atoms with Crippen LogP contribution in [0.4, 0.5) is 0 Å². The smallest absolute Gasteiger partial charge is 0.162 e. The second-order valence-electron chi connectivity index (χ2n) is 10.1. The van der Waals surface area contributed by atoms with Crippen LogP contribution in [0.5, 0.6) is 0 Å². The Morgan fingerprint density at radius 1 is 0.439 bits per heavy atom. The van der Waals surface area contributed by atoms with E-state index >= 15 is 0 Å². The Bertz CT molecular complexity index is 2130. The molecular weight excluding hydrogens is 502 g/mol. The van der Waals surface area contributed by atoms with Gasteiger partial charge in [0.1, 0.15) is 11.3 Å². The van der Waals surface area contributed by atoms with Crippen molar-refractivity contribution >= 4 is 32.8 Å². The molecule has 8 aromatic rings. The molecule has 0 bridgehead atoms. The number of para-hydroxylation sites is 2. The van der Waals surface area contributed by atoms with Gasteiger partial charge in [-0.2, -0.15) is 0 Å². The van der Waals surface area contributed by atoms with Crippen molar-refractivity contribution in [2.24, 2.45) is 0 Å². The molecule has 0 atom stereocenters. The maximum atomic E-state index is 6.41. The number of pyridine rings is 1. The number of aromatic nitrogens is 3.